The molecule has 0 radical (unpaired) electrons. The summed E-state index contributed by atoms with van der Waals surface area (Å²) in [7, 11) is 0. The predicted molar refractivity (Wildman–Crippen MR) is 39.1 cm³/mol. The molecule has 60 valence electrons. The van der Waals surface area contributed by atoms with Gasteiger partial charge in [0.2, 0.25) is 0 Å². The van der Waals surface area contributed by atoms with E-state index in [9.17, 15) is 4.79 Å². The molecular weight excluding hydrogens is 140 g/mol. The number of ketones is 1. The van der Waals surface area contributed by atoms with Gasteiger partial charge >= 0.3 is 0 Å². The van der Waals surface area contributed by atoms with Crippen molar-refractivity contribution in [2.75, 3.05) is 6.61 Å². The molecule has 0 unspecified atom stereocenters. The summed E-state index contributed by atoms with van der Waals surface area (Å²) >= 11 is 0. The molecule has 0 aromatic rings. The van der Waals surface area contributed by atoms with Crippen LogP contribution in [0.15, 0.2) is 0 Å². The lowest BCUT2D eigenvalue weighted by Gasteiger charge is -2.42. The lowest BCUT2D eigenvalue weighted by molar-refractivity contribution is -0.155. The maximum Gasteiger partial charge on any atom is 0.165 e. The van der Waals surface area contributed by atoms with Gasteiger partial charge < -0.3 is 4.74 Å². The van der Waals surface area contributed by atoms with Crippen LogP contribution in [-0.2, 0) is 9.53 Å². The Morgan fingerprint density at radius 3 is 3.18 bits per heavy atom. The molecule has 11 heavy (non-hydrogen) atoms. The second kappa shape index (κ2) is 1.86. The first kappa shape index (κ1) is 6.18. The minimum atomic E-state index is 0.0208. The van der Waals surface area contributed by atoms with Crippen molar-refractivity contribution in [1.82, 2.24) is 0 Å². The lowest BCUT2D eigenvalue weighted by atomic mass is 9.61. The molecule has 2 nitrogen and oxygen atoms in total. The average molecular weight is 152 g/mol. The summed E-state index contributed by atoms with van der Waals surface area (Å²) in [6.07, 6.45) is 3.68. The van der Waals surface area contributed by atoms with Crippen molar-refractivity contribution in [3.63, 3.8) is 0 Å². The molecule has 3 saturated heterocycles. The highest BCUT2D eigenvalue weighted by atomic mass is 16.5. The Morgan fingerprint density at radius 2 is 2.27 bits per heavy atom. The largest absolute Gasteiger partial charge is 0.370 e. The number of Topliss-reactive ketones (excluding diaryl/α,β-unsaturated/α-hetero) is 1. The highest BCUT2D eigenvalue weighted by Gasteiger charge is 2.55. The van der Waals surface area contributed by atoms with Gasteiger partial charge in [0.05, 0.1) is 6.61 Å². The van der Waals surface area contributed by atoms with Gasteiger partial charge in [-0.25, -0.2) is 0 Å². The second-order valence-electron chi connectivity index (χ2n) is 4.11. The highest BCUT2D eigenvalue weighted by molar-refractivity contribution is 5.92. The maximum absolute atomic E-state index is 11.3. The zero-order valence-corrected chi connectivity index (χ0v) is 6.45. The third kappa shape index (κ3) is 0.639. The molecule has 2 saturated carbocycles. The molecule has 2 heteroatoms. The number of rotatable bonds is 0. The molecular formula is C9H12O2. The van der Waals surface area contributed by atoms with Crippen molar-refractivity contribution in [2.45, 2.75) is 25.4 Å². The van der Waals surface area contributed by atoms with Crippen LogP contribution < -0.4 is 0 Å². The third-order valence-corrected chi connectivity index (χ3v) is 3.56. The van der Waals surface area contributed by atoms with Crippen LogP contribution >= 0.6 is 0 Å². The summed E-state index contributed by atoms with van der Waals surface area (Å²) in [6.45, 7) is 0.851. The molecule has 3 heterocycles. The Morgan fingerprint density at radius 1 is 1.36 bits per heavy atom. The Bertz CT molecular complexity index is 204. The number of hydrogen-bond donors (Lipinski definition) is 0. The van der Waals surface area contributed by atoms with Crippen LogP contribution in [0.2, 0.25) is 0 Å². The summed E-state index contributed by atoms with van der Waals surface area (Å²) in [5.74, 6) is 2.12. The molecule has 2 aliphatic carbocycles. The van der Waals surface area contributed by atoms with Crippen molar-refractivity contribution in [3.05, 3.63) is 0 Å². The first-order valence-electron chi connectivity index (χ1n) is 4.51. The summed E-state index contributed by atoms with van der Waals surface area (Å²) in [5.41, 5.74) is 0. The fourth-order valence-corrected chi connectivity index (χ4v) is 2.87. The van der Waals surface area contributed by atoms with E-state index in [4.69, 9.17) is 4.74 Å². The predicted octanol–water partition coefficient (Wildman–Crippen LogP) is 1.00. The van der Waals surface area contributed by atoms with E-state index in [0.29, 0.717) is 23.5 Å². The molecule has 3 aliphatic heterocycles. The first-order valence-corrected chi connectivity index (χ1v) is 4.51. The molecule has 5 fully saturated rings. The highest BCUT2D eigenvalue weighted by Crippen LogP contribution is 2.49. The quantitative estimate of drug-likeness (QED) is 0.517. The van der Waals surface area contributed by atoms with Crippen molar-refractivity contribution in [2.24, 2.45) is 17.8 Å². The fraction of sp³-hybridized carbons (Fsp3) is 0.889. The number of hydrogen-bond acceptors (Lipinski definition) is 2. The summed E-state index contributed by atoms with van der Waals surface area (Å²) in [4.78, 5) is 11.3. The molecule has 5 rings (SSSR count). The Kier molecular flexibility index (Phi) is 1.05. The van der Waals surface area contributed by atoms with Crippen LogP contribution in [0.4, 0.5) is 0 Å². The topological polar surface area (TPSA) is 26.3 Å². The van der Waals surface area contributed by atoms with Gasteiger partial charge in [0.25, 0.3) is 0 Å². The molecule has 0 amide bonds. The first-order chi connectivity index (χ1) is 5.36. The normalized spacial score (nSPS) is 53.6. The molecule has 5 aliphatic rings. The zero-order chi connectivity index (χ0) is 7.42. The lowest BCUT2D eigenvalue weighted by Crippen LogP contribution is -2.52. The zero-order valence-electron chi connectivity index (χ0n) is 6.45. The molecule has 0 aromatic carbocycles. The monoisotopic (exact) mass is 152 g/mol. The van der Waals surface area contributed by atoms with E-state index >= 15 is 0 Å². The van der Waals surface area contributed by atoms with Gasteiger partial charge in [-0.15, -0.1) is 0 Å². The van der Waals surface area contributed by atoms with E-state index in [2.05, 4.69) is 0 Å². The molecule has 0 aromatic heterocycles. The number of carbonyl (C=O) groups excluding carboxylic acids is 1. The maximum atomic E-state index is 11.3. The van der Waals surface area contributed by atoms with E-state index in [0.717, 1.165) is 13.0 Å². The molecule has 0 spiro atoms. The van der Waals surface area contributed by atoms with Crippen LogP contribution in [0.3, 0.4) is 0 Å². The van der Waals surface area contributed by atoms with Gasteiger partial charge in [0.1, 0.15) is 6.10 Å². The Balaban J connectivity index is 1.96. The Labute approximate surface area is 65.9 Å². The van der Waals surface area contributed by atoms with Gasteiger partial charge in [-0.05, 0) is 25.2 Å². The van der Waals surface area contributed by atoms with Crippen molar-refractivity contribution in [3.8, 4) is 0 Å². The van der Waals surface area contributed by atoms with Crippen LogP contribution in [0.1, 0.15) is 19.3 Å². The van der Waals surface area contributed by atoms with Crippen LogP contribution in [0.5, 0.6) is 0 Å². The number of fused-ring (bicyclic) bond motifs is 1. The smallest absolute Gasteiger partial charge is 0.165 e. The SMILES string of the molecule is O=C1[C@H]2C[C@@H]3CC[C@H]2[C@H]1OC3. The van der Waals surface area contributed by atoms with Gasteiger partial charge in [-0.2, -0.15) is 0 Å². The van der Waals surface area contributed by atoms with Gasteiger partial charge in [0.15, 0.2) is 5.78 Å². The van der Waals surface area contributed by atoms with Crippen molar-refractivity contribution in [1.29, 1.82) is 0 Å². The summed E-state index contributed by atoms with van der Waals surface area (Å²) in [6, 6.07) is 0. The second-order valence-corrected chi connectivity index (χ2v) is 4.11. The van der Waals surface area contributed by atoms with Gasteiger partial charge in [0, 0.05) is 11.8 Å². The average Bonchev–Trinajstić information content (AvgIpc) is 2.38. The van der Waals surface area contributed by atoms with Crippen LogP contribution in [0, 0.1) is 17.8 Å². The molecule has 4 atom stereocenters. The number of ether oxygens (including phenoxy) is 1. The molecule has 4 bridgehead atoms. The van der Waals surface area contributed by atoms with Crippen LogP contribution in [0.25, 0.3) is 0 Å². The van der Waals surface area contributed by atoms with E-state index in [1.807, 2.05) is 0 Å². The van der Waals surface area contributed by atoms with E-state index < -0.39 is 0 Å². The minimum absolute atomic E-state index is 0.0208. The van der Waals surface area contributed by atoms with Crippen molar-refractivity contribution < 1.29 is 9.53 Å². The van der Waals surface area contributed by atoms with E-state index in [-0.39, 0.29) is 6.10 Å². The standard InChI is InChI=1S/C9H12O2/c10-8-7-3-5-1-2-6(7)9(8)11-4-5/h5-7,9H,1-4H2/t5-,6+,7-,9+/m0/s1. The van der Waals surface area contributed by atoms with E-state index in [1.165, 1.54) is 12.8 Å². The van der Waals surface area contributed by atoms with Crippen LogP contribution in [-0.4, -0.2) is 18.5 Å². The van der Waals surface area contributed by atoms with Crippen molar-refractivity contribution >= 4 is 5.78 Å². The van der Waals surface area contributed by atoms with Gasteiger partial charge in [-0.3, -0.25) is 4.79 Å². The summed E-state index contributed by atoms with van der Waals surface area (Å²) < 4.78 is 5.52. The van der Waals surface area contributed by atoms with E-state index in [1.54, 1.807) is 0 Å². The Hall–Kier alpha value is -0.370. The summed E-state index contributed by atoms with van der Waals surface area (Å²) in [5, 5.41) is 0. The number of carbonyl (C=O) groups is 1. The third-order valence-electron chi connectivity index (χ3n) is 3.56. The fourth-order valence-electron chi connectivity index (χ4n) is 2.87. The minimum Gasteiger partial charge on any atom is -0.370 e. The molecule has 0 N–H and O–H groups in total. The van der Waals surface area contributed by atoms with Gasteiger partial charge in [-0.1, -0.05) is 0 Å².